The molecule has 1 amide bonds. The Bertz CT molecular complexity index is 896. The molecule has 2 heterocycles. The number of aromatic nitrogens is 3. The molecule has 8 heteroatoms. The number of aryl methyl sites for hydroxylation is 1. The van der Waals surface area contributed by atoms with E-state index in [1.807, 2.05) is 0 Å². The van der Waals surface area contributed by atoms with Crippen LogP contribution in [0.5, 0.6) is 5.88 Å². The molecule has 0 aromatic carbocycles. The second-order valence-corrected chi connectivity index (χ2v) is 5.07. The SMILES string of the molecule is COc1ncccc1CNC(=O)/C=C/c1cn(C)c(=O)n(C)c1=O. The minimum atomic E-state index is -0.462. The van der Waals surface area contributed by atoms with Crippen molar-refractivity contribution in [1.29, 1.82) is 0 Å². The van der Waals surface area contributed by atoms with Crippen molar-refractivity contribution in [3.8, 4) is 5.88 Å². The van der Waals surface area contributed by atoms with E-state index in [2.05, 4.69) is 10.3 Å². The highest BCUT2D eigenvalue weighted by Gasteiger charge is 2.06. The van der Waals surface area contributed by atoms with Crippen LogP contribution in [0.1, 0.15) is 11.1 Å². The Hall–Kier alpha value is -3.16. The normalized spacial score (nSPS) is 10.8. The van der Waals surface area contributed by atoms with Crippen LogP contribution >= 0.6 is 0 Å². The molecule has 2 aromatic rings. The Morgan fingerprint density at radius 1 is 1.38 bits per heavy atom. The number of nitrogens with zero attached hydrogens (tertiary/aromatic N) is 3. The van der Waals surface area contributed by atoms with Gasteiger partial charge in [-0.15, -0.1) is 0 Å². The largest absolute Gasteiger partial charge is 0.481 e. The molecule has 8 nitrogen and oxygen atoms in total. The second-order valence-electron chi connectivity index (χ2n) is 5.07. The zero-order valence-electron chi connectivity index (χ0n) is 13.6. The zero-order valence-corrected chi connectivity index (χ0v) is 13.6. The molecule has 0 spiro atoms. The summed E-state index contributed by atoms with van der Waals surface area (Å²) in [7, 11) is 4.42. The molecule has 2 rings (SSSR count). The van der Waals surface area contributed by atoms with Crippen LogP contribution in [0.2, 0.25) is 0 Å². The number of hydrogen-bond acceptors (Lipinski definition) is 5. The number of ether oxygens (including phenoxy) is 1. The molecule has 0 radical (unpaired) electrons. The fraction of sp³-hybridized carbons (Fsp3) is 0.250. The summed E-state index contributed by atoms with van der Waals surface area (Å²) in [6, 6.07) is 3.53. The molecule has 1 N–H and O–H groups in total. The molecule has 126 valence electrons. The molecule has 0 saturated carbocycles. The first kappa shape index (κ1) is 17.2. The van der Waals surface area contributed by atoms with E-state index in [1.165, 1.54) is 44.1 Å². The van der Waals surface area contributed by atoms with Crippen molar-refractivity contribution < 1.29 is 9.53 Å². The van der Waals surface area contributed by atoms with E-state index in [-0.39, 0.29) is 18.0 Å². The number of rotatable bonds is 5. The van der Waals surface area contributed by atoms with E-state index < -0.39 is 11.2 Å². The van der Waals surface area contributed by atoms with Crippen LogP contribution in [0.4, 0.5) is 0 Å². The lowest BCUT2D eigenvalue weighted by Crippen LogP contribution is -2.37. The molecule has 0 unspecified atom stereocenters. The van der Waals surface area contributed by atoms with Crippen LogP contribution in [0.15, 0.2) is 40.2 Å². The highest BCUT2D eigenvalue weighted by atomic mass is 16.5. The summed E-state index contributed by atoms with van der Waals surface area (Å²) in [6.45, 7) is 0.242. The van der Waals surface area contributed by atoms with Crippen LogP contribution in [0.3, 0.4) is 0 Å². The van der Waals surface area contributed by atoms with Crippen molar-refractivity contribution in [2.75, 3.05) is 7.11 Å². The molecular formula is C16H18N4O4. The third-order valence-corrected chi connectivity index (χ3v) is 3.38. The van der Waals surface area contributed by atoms with E-state index in [4.69, 9.17) is 4.74 Å². The molecule has 0 atom stereocenters. The maximum Gasteiger partial charge on any atom is 0.330 e. The number of carbonyl (C=O) groups excluding carboxylic acids is 1. The first-order chi connectivity index (χ1) is 11.4. The van der Waals surface area contributed by atoms with Gasteiger partial charge in [0, 0.05) is 44.7 Å². The van der Waals surface area contributed by atoms with Gasteiger partial charge in [0.15, 0.2) is 0 Å². The van der Waals surface area contributed by atoms with Crippen LogP contribution < -0.4 is 21.3 Å². The van der Waals surface area contributed by atoms with E-state index in [0.29, 0.717) is 5.88 Å². The van der Waals surface area contributed by atoms with Crippen molar-refractivity contribution in [2.24, 2.45) is 14.1 Å². The predicted molar refractivity (Wildman–Crippen MR) is 88.6 cm³/mol. The molecular weight excluding hydrogens is 312 g/mol. The van der Waals surface area contributed by atoms with E-state index in [1.54, 1.807) is 18.3 Å². The number of carbonyl (C=O) groups is 1. The minimum absolute atomic E-state index is 0.242. The van der Waals surface area contributed by atoms with Gasteiger partial charge >= 0.3 is 5.69 Å². The van der Waals surface area contributed by atoms with Crippen molar-refractivity contribution in [1.82, 2.24) is 19.4 Å². The third-order valence-electron chi connectivity index (χ3n) is 3.38. The van der Waals surface area contributed by atoms with Gasteiger partial charge in [0.05, 0.1) is 12.7 Å². The standard InChI is InChI=1S/C16H18N4O4/c1-19-10-12(15(22)20(2)16(19)23)6-7-13(21)18-9-11-5-4-8-17-14(11)24-3/h4-8,10H,9H2,1-3H3,(H,18,21)/b7-6+. The first-order valence-electron chi connectivity index (χ1n) is 7.14. The lowest BCUT2D eigenvalue weighted by molar-refractivity contribution is -0.116. The molecule has 0 aliphatic heterocycles. The summed E-state index contributed by atoms with van der Waals surface area (Å²) in [5.41, 5.74) is 0.0924. The number of methoxy groups -OCH3 is 1. The molecule has 0 saturated heterocycles. The van der Waals surface area contributed by atoms with Crippen LogP contribution in [0, 0.1) is 0 Å². The predicted octanol–water partition coefficient (Wildman–Crippen LogP) is -0.183. The van der Waals surface area contributed by atoms with Crippen molar-refractivity contribution in [2.45, 2.75) is 6.54 Å². The number of nitrogens with one attached hydrogen (secondary N) is 1. The second kappa shape index (κ2) is 7.40. The highest BCUT2D eigenvalue weighted by molar-refractivity contribution is 5.91. The smallest absolute Gasteiger partial charge is 0.330 e. The van der Waals surface area contributed by atoms with Gasteiger partial charge in [-0.1, -0.05) is 6.07 Å². The summed E-state index contributed by atoms with van der Waals surface area (Å²) in [5.74, 6) is 0.0607. The molecule has 2 aromatic heterocycles. The van der Waals surface area contributed by atoms with Crippen molar-refractivity contribution in [3.63, 3.8) is 0 Å². The van der Waals surface area contributed by atoms with Gasteiger partial charge in [-0.25, -0.2) is 9.78 Å². The molecule has 0 aliphatic carbocycles. The Labute approximate surface area is 138 Å². The van der Waals surface area contributed by atoms with Crippen LogP contribution in [-0.2, 0) is 25.4 Å². The van der Waals surface area contributed by atoms with E-state index in [0.717, 1.165) is 10.1 Å². The fourth-order valence-electron chi connectivity index (χ4n) is 2.10. The van der Waals surface area contributed by atoms with Crippen LogP contribution in [-0.4, -0.2) is 27.1 Å². The lowest BCUT2D eigenvalue weighted by Gasteiger charge is -2.07. The monoisotopic (exact) mass is 330 g/mol. The highest BCUT2D eigenvalue weighted by Crippen LogP contribution is 2.12. The van der Waals surface area contributed by atoms with E-state index in [9.17, 15) is 14.4 Å². The number of hydrogen-bond donors (Lipinski definition) is 1. The van der Waals surface area contributed by atoms with Crippen molar-refractivity contribution >= 4 is 12.0 Å². The maximum absolute atomic E-state index is 12.0. The van der Waals surface area contributed by atoms with Gasteiger partial charge in [0.2, 0.25) is 11.8 Å². The zero-order chi connectivity index (χ0) is 17.7. The van der Waals surface area contributed by atoms with Gasteiger partial charge in [0.25, 0.3) is 5.56 Å². The summed E-state index contributed by atoms with van der Waals surface area (Å²) >= 11 is 0. The van der Waals surface area contributed by atoms with E-state index >= 15 is 0 Å². The molecule has 24 heavy (non-hydrogen) atoms. The van der Waals surface area contributed by atoms with Gasteiger partial charge in [-0.2, -0.15) is 0 Å². The molecule has 0 fully saturated rings. The maximum atomic E-state index is 12.0. The summed E-state index contributed by atoms with van der Waals surface area (Å²) in [5, 5.41) is 2.68. The van der Waals surface area contributed by atoms with Crippen LogP contribution in [0.25, 0.3) is 6.08 Å². The summed E-state index contributed by atoms with van der Waals surface area (Å²) in [6.07, 6.45) is 5.60. The quantitative estimate of drug-likeness (QED) is 0.767. The lowest BCUT2D eigenvalue weighted by atomic mass is 10.2. The Balaban J connectivity index is 2.09. The van der Waals surface area contributed by atoms with Crippen molar-refractivity contribution in [3.05, 3.63) is 62.6 Å². The summed E-state index contributed by atoms with van der Waals surface area (Å²) < 4.78 is 7.36. The average molecular weight is 330 g/mol. The van der Waals surface area contributed by atoms with Gasteiger partial charge in [0.1, 0.15) is 0 Å². The minimum Gasteiger partial charge on any atom is -0.481 e. The molecule has 0 bridgehead atoms. The average Bonchev–Trinajstić information content (AvgIpc) is 2.60. The Kier molecular flexibility index (Phi) is 5.31. The topological polar surface area (TPSA) is 95.2 Å². The fourth-order valence-corrected chi connectivity index (χ4v) is 2.10. The molecule has 0 aliphatic rings. The van der Waals surface area contributed by atoms with Gasteiger partial charge < -0.3 is 14.6 Å². The number of amides is 1. The third kappa shape index (κ3) is 3.78. The summed E-state index contributed by atoms with van der Waals surface area (Å²) in [4.78, 5) is 39.5. The van der Waals surface area contributed by atoms with Gasteiger partial charge in [-0.05, 0) is 12.1 Å². The van der Waals surface area contributed by atoms with Gasteiger partial charge in [-0.3, -0.25) is 14.2 Å². The first-order valence-corrected chi connectivity index (χ1v) is 7.14. The Morgan fingerprint density at radius 3 is 2.83 bits per heavy atom. The Morgan fingerprint density at radius 2 is 2.12 bits per heavy atom. The number of pyridine rings is 1.